The van der Waals surface area contributed by atoms with Crippen LogP contribution in [0, 0.1) is 0 Å². The number of benzene rings is 1. The summed E-state index contributed by atoms with van der Waals surface area (Å²) in [6, 6.07) is 6.80. The van der Waals surface area contributed by atoms with Crippen molar-refractivity contribution in [3.05, 3.63) is 35.4 Å². The Balaban J connectivity index is 2.48. The third-order valence-corrected chi connectivity index (χ3v) is 2.46. The third kappa shape index (κ3) is 5.52. The van der Waals surface area contributed by atoms with Gasteiger partial charge in [-0.3, -0.25) is 4.79 Å². The largest absolute Gasteiger partial charge is 0.462 e. The maximum atomic E-state index is 11.4. The van der Waals surface area contributed by atoms with Crippen LogP contribution in [0.3, 0.4) is 0 Å². The number of carbonyl (C=O) groups is 2. The maximum absolute atomic E-state index is 11.4. The van der Waals surface area contributed by atoms with Crippen LogP contribution in [0.15, 0.2) is 24.3 Å². The zero-order valence-corrected chi connectivity index (χ0v) is 11.3. The summed E-state index contributed by atoms with van der Waals surface area (Å²) < 4.78 is 4.89. The van der Waals surface area contributed by atoms with E-state index in [1.807, 2.05) is 0 Å². The van der Waals surface area contributed by atoms with Crippen LogP contribution in [0.5, 0.6) is 0 Å². The SMILES string of the molecule is CCOC(=O)c1ccc(CNC(=O)CC(C)N)cc1. The number of amides is 1. The van der Waals surface area contributed by atoms with Gasteiger partial charge in [-0.1, -0.05) is 12.1 Å². The molecule has 0 aliphatic carbocycles. The molecule has 0 aliphatic heterocycles. The minimum atomic E-state index is -0.338. The van der Waals surface area contributed by atoms with Crippen molar-refractivity contribution in [1.82, 2.24) is 5.32 Å². The number of hydrogen-bond acceptors (Lipinski definition) is 4. The van der Waals surface area contributed by atoms with Crippen molar-refractivity contribution in [2.24, 2.45) is 5.73 Å². The number of nitrogens with one attached hydrogen (secondary N) is 1. The van der Waals surface area contributed by atoms with Gasteiger partial charge in [-0.25, -0.2) is 4.79 Å². The van der Waals surface area contributed by atoms with Gasteiger partial charge in [-0.05, 0) is 31.5 Å². The number of rotatable bonds is 6. The first kappa shape index (κ1) is 15.2. The van der Waals surface area contributed by atoms with Crippen LogP contribution >= 0.6 is 0 Å². The lowest BCUT2D eigenvalue weighted by molar-refractivity contribution is -0.121. The Labute approximate surface area is 113 Å². The lowest BCUT2D eigenvalue weighted by atomic mass is 10.1. The predicted molar refractivity (Wildman–Crippen MR) is 72.5 cm³/mol. The maximum Gasteiger partial charge on any atom is 0.338 e. The van der Waals surface area contributed by atoms with E-state index in [2.05, 4.69) is 5.32 Å². The van der Waals surface area contributed by atoms with Gasteiger partial charge in [0, 0.05) is 19.0 Å². The first-order chi connectivity index (χ1) is 9.02. The molecule has 1 aromatic rings. The summed E-state index contributed by atoms with van der Waals surface area (Å²) in [5.41, 5.74) is 6.96. The molecule has 0 heterocycles. The predicted octanol–water partition coefficient (Wildman–Crippen LogP) is 1.22. The van der Waals surface area contributed by atoms with Crippen LogP contribution in [-0.2, 0) is 16.1 Å². The Morgan fingerprint density at radius 2 is 1.95 bits per heavy atom. The highest BCUT2D eigenvalue weighted by Gasteiger charge is 2.07. The Kier molecular flexibility index (Phi) is 6.02. The van der Waals surface area contributed by atoms with Crippen LogP contribution in [-0.4, -0.2) is 24.5 Å². The molecule has 0 bridgehead atoms. The van der Waals surface area contributed by atoms with Gasteiger partial charge in [0.15, 0.2) is 0 Å². The second kappa shape index (κ2) is 7.53. The van der Waals surface area contributed by atoms with Crippen LogP contribution in [0.2, 0.25) is 0 Å². The Morgan fingerprint density at radius 3 is 2.47 bits per heavy atom. The molecule has 5 nitrogen and oxygen atoms in total. The summed E-state index contributed by atoms with van der Waals surface area (Å²) in [6.45, 7) is 4.33. The normalized spacial score (nSPS) is 11.7. The van der Waals surface area contributed by atoms with Crippen molar-refractivity contribution >= 4 is 11.9 Å². The average molecular weight is 264 g/mol. The van der Waals surface area contributed by atoms with Crippen molar-refractivity contribution in [3.63, 3.8) is 0 Å². The zero-order chi connectivity index (χ0) is 14.3. The highest BCUT2D eigenvalue weighted by atomic mass is 16.5. The van der Waals surface area contributed by atoms with E-state index in [9.17, 15) is 9.59 Å². The van der Waals surface area contributed by atoms with Crippen LogP contribution in [0.4, 0.5) is 0 Å². The molecule has 19 heavy (non-hydrogen) atoms. The van der Waals surface area contributed by atoms with Crippen molar-refractivity contribution < 1.29 is 14.3 Å². The number of esters is 1. The first-order valence-corrected chi connectivity index (χ1v) is 6.31. The van der Waals surface area contributed by atoms with E-state index in [0.717, 1.165) is 5.56 Å². The highest BCUT2D eigenvalue weighted by Crippen LogP contribution is 2.06. The average Bonchev–Trinajstić information content (AvgIpc) is 2.36. The zero-order valence-electron chi connectivity index (χ0n) is 11.3. The Bertz CT molecular complexity index is 427. The lowest BCUT2D eigenvalue weighted by Gasteiger charge is -2.08. The Morgan fingerprint density at radius 1 is 1.32 bits per heavy atom. The fourth-order valence-corrected chi connectivity index (χ4v) is 1.54. The molecule has 5 heteroatoms. The van der Waals surface area contributed by atoms with Gasteiger partial charge in [0.1, 0.15) is 0 Å². The molecule has 104 valence electrons. The molecule has 0 spiro atoms. The second-order valence-electron chi connectivity index (χ2n) is 4.38. The van der Waals surface area contributed by atoms with Crippen LogP contribution in [0.25, 0.3) is 0 Å². The van der Waals surface area contributed by atoms with Gasteiger partial charge in [0.2, 0.25) is 5.91 Å². The van der Waals surface area contributed by atoms with E-state index >= 15 is 0 Å². The fraction of sp³-hybridized carbons (Fsp3) is 0.429. The molecule has 0 saturated heterocycles. The van der Waals surface area contributed by atoms with Gasteiger partial charge in [0.25, 0.3) is 0 Å². The molecule has 0 fully saturated rings. The summed E-state index contributed by atoms with van der Waals surface area (Å²) in [6.07, 6.45) is 0.306. The lowest BCUT2D eigenvalue weighted by Crippen LogP contribution is -2.29. The van der Waals surface area contributed by atoms with Crippen molar-refractivity contribution in [2.45, 2.75) is 32.9 Å². The molecule has 0 saturated carbocycles. The van der Waals surface area contributed by atoms with Crippen molar-refractivity contribution in [3.8, 4) is 0 Å². The summed E-state index contributed by atoms with van der Waals surface area (Å²) >= 11 is 0. The minimum Gasteiger partial charge on any atom is -0.462 e. The number of ether oxygens (including phenoxy) is 1. The quantitative estimate of drug-likeness (QED) is 0.757. The summed E-state index contributed by atoms with van der Waals surface area (Å²) in [7, 11) is 0. The Hall–Kier alpha value is -1.88. The molecule has 1 atom stereocenters. The highest BCUT2D eigenvalue weighted by molar-refractivity contribution is 5.89. The monoisotopic (exact) mass is 264 g/mol. The molecular weight excluding hydrogens is 244 g/mol. The summed E-state index contributed by atoms with van der Waals surface area (Å²) in [5.74, 6) is -0.417. The van der Waals surface area contributed by atoms with Crippen molar-refractivity contribution in [1.29, 1.82) is 0 Å². The van der Waals surface area contributed by atoms with E-state index < -0.39 is 0 Å². The standard InChI is InChI=1S/C14H20N2O3/c1-3-19-14(18)12-6-4-11(5-7-12)9-16-13(17)8-10(2)15/h4-7,10H,3,8-9,15H2,1-2H3,(H,16,17). The molecule has 1 rings (SSSR count). The van der Waals surface area contributed by atoms with E-state index in [4.69, 9.17) is 10.5 Å². The number of carbonyl (C=O) groups excluding carboxylic acids is 2. The van der Waals surface area contributed by atoms with Gasteiger partial charge in [0.05, 0.1) is 12.2 Å². The van der Waals surface area contributed by atoms with Gasteiger partial charge in [-0.2, -0.15) is 0 Å². The van der Waals surface area contributed by atoms with Crippen molar-refractivity contribution in [2.75, 3.05) is 6.61 Å². The molecule has 3 N–H and O–H groups in total. The van der Waals surface area contributed by atoms with E-state index in [1.54, 1.807) is 38.1 Å². The third-order valence-electron chi connectivity index (χ3n) is 2.46. The van der Waals surface area contributed by atoms with Gasteiger partial charge >= 0.3 is 5.97 Å². The van der Waals surface area contributed by atoms with Gasteiger partial charge < -0.3 is 15.8 Å². The van der Waals surface area contributed by atoms with Crippen LogP contribution < -0.4 is 11.1 Å². The molecule has 1 aromatic carbocycles. The molecule has 0 aliphatic rings. The number of hydrogen-bond donors (Lipinski definition) is 2. The topological polar surface area (TPSA) is 81.4 Å². The van der Waals surface area contributed by atoms with E-state index in [-0.39, 0.29) is 17.9 Å². The summed E-state index contributed by atoms with van der Waals surface area (Å²) in [4.78, 5) is 22.9. The van der Waals surface area contributed by atoms with Crippen LogP contribution in [0.1, 0.15) is 36.2 Å². The minimum absolute atomic E-state index is 0.0792. The first-order valence-electron chi connectivity index (χ1n) is 6.31. The van der Waals surface area contributed by atoms with Gasteiger partial charge in [-0.15, -0.1) is 0 Å². The van der Waals surface area contributed by atoms with E-state index in [1.165, 1.54) is 0 Å². The summed E-state index contributed by atoms with van der Waals surface area (Å²) in [5, 5.41) is 2.77. The molecular formula is C14H20N2O3. The molecule has 1 unspecified atom stereocenters. The second-order valence-corrected chi connectivity index (χ2v) is 4.38. The van der Waals surface area contributed by atoms with E-state index in [0.29, 0.717) is 25.1 Å². The fourth-order valence-electron chi connectivity index (χ4n) is 1.54. The molecule has 0 aromatic heterocycles. The number of nitrogens with two attached hydrogens (primary N) is 1. The molecule has 1 amide bonds. The molecule has 0 radical (unpaired) electrons. The smallest absolute Gasteiger partial charge is 0.338 e.